The molecule has 1 aliphatic heterocycles. The fourth-order valence-electron chi connectivity index (χ4n) is 7.29. The fraction of sp³-hybridized carbons (Fsp3) is 0.245. The monoisotopic (exact) mass is 798 g/mol. The van der Waals surface area contributed by atoms with Crippen molar-refractivity contribution < 1.29 is 38.3 Å². The van der Waals surface area contributed by atoms with Crippen LogP contribution in [0.5, 0.6) is 5.75 Å². The van der Waals surface area contributed by atoms with Crippen molar-refractivity contribution in [2.75, 3.05) is 13.7 Å². The molecule has 0 spiro atoms. The van der Waals surface area contributed by atoms with Crippen LogP contribution in [0.25, 0.3) is 0 Å². The third-order valence-electron chi connectivity index (χ3n) is 10.4. The Morgan fingerprint density at radius 2 is 1.12 bits per heavy atom. The molecular weight excluding hydrogens is 752 g/mol. The van der Waals surface area contributed by atoms with Crippen LogP contribution in [0.3, 0.4) is 0 Å². The number of rotatable bonds is 18. The van der Waals surface area contributed by atoms with Gasteiger partial charge in [0.05, 0.1) is 26.4 Å². The number of carbonyl (C=O) groups excluding carboxylic acids is 1. The first-order valence-electron chi connectivity index (χ1n) is 19.3. The summed E-state index contributed by atoms with van der Waals surface area (Å²) in [6.07, 6.45) is -2.10. The Morgan fingerprint density at radius 3 is 1.62 bits per heavy atom. The first kappa shape index (κ1) is 41.0. The summed E-state index contributed by atoms with van der Waals surface area (Å²) >= 11 is 6.90. The van der Waals surface area contributed by atoms with E-state index in [4.69, 9.17) is 40.0 Å². The van der Waals surface area contributed by atoms with Gasteiger partial charge in [-0.25, -0.2) is 0 Å². The van der Waals surface area contributed by atoms with E-state index in [0.29, 0.717) is 29.9 Å². The highest BCUT2D eigenvalue weighted by molar-refractivity contribution is 6.31. The molecule has 1 fully saturated rings. The Bertz CT molecular complexity index is 2170. The standard InChI is InChI=1S/C49H47ClO8/c1-53-49(42-24-27-44(50)41(29-42)28-36-22-25-43(26-23-36)54-30-37-14-6-2-7-15-37)47(57-33-40-20-12-5-13-21-40)45(55-31-38-16-8-3-9-17-38)46(48(34-51,35-52)58-49)56-32-39-18-10-4-11-19-39/h2-27,29,34,45-47,52H,28,30-33,35H2,1H3/t45-,46-,47+,48+,49-/m0/s1. The van der Waals surface area contributed by atoms with Crippen molar-refractivity contribution in [3.05, 3.63) is 208 Å². The number of benzene rings is 6. The number of aliphatic hydroxyl groups excluding tert-OH is 1. The number of hydrogen-bond acceptors (Lipinski definition) is 8. The molecule has 0 unspecified atom stereocenters. The van der Waals surface area contributed by atoms with Gasteiger partial charge in [-0.05, 0) is 64.1 Å². The van der Waals surface area contributed by atoms with Crippen LogP contribution in [0.4, 0.5) is 0 Å². The summed E-state index contributed by atoms with van der Waals surface area (Å²) in [5.74, 6) is -1.04. The number of halogens is 1. The summed E-state index contributed by atoms with van der Waals surface area (Å²) < 4.78 is 39.6. The van der Waals surface area contributed by atoms with Gasteiger partial charge in [0.15, 0.2) is 11.9 Å². The number of aliphatic hydroxyl groups is 1. The molecule has 58 heavy (non-hydrogen) atoms. The first-order valence-corrected chi connectivity index (χ1v) is 19.7. The van der Waals surface area contributed by atoms with Crippen LogP contribution in [0.2, 0.25) is 5.02 Å². The summed E-state index contributed by atoms with van der Waals surface area (Å²) in [5, 5.41) is 11.7. The number of ether oxygens (including phenoxy) is 6. The molecule has 298 valence electrons. The molecule has 5 atom stereocenters. The molecule has 0 bridgehead atoms. The summed E-state index contributed by atoms with van der Waals surface area (Å²) in [4.78, 5) is 13.4. The molecule has 0 radical (unpaired) electrons. The maximum atomic E-state index is 13.4. The highest BCUT2D eigenvalue weighted by Gasteiger charge is 2.64. The molecule has 7 rings (SSSR count). The van der Waals surface area contributed by atoms with E-state index in [-0.39, 0.29) is 19.8 Å². The Labute approximate surface area is 344 Å². The van der Waals surface area contributed by atoms with Crippen LogP contribution in [-0.4, -0.2) is 49.0 Å². The van der Waals surface area contributed by atoms with Gasteiger partial charge in [-0.3, -0.25) is 4.79 Å². The van der Waals surface area contributed by atoms with Crippen molar-refractivity contribution in [1.29, 1.82) is 0 Å². The number of methoxy groups -OCH3 is 1. The molecule has 0 aliphatic carbocycles. The van der Waals surface area contributed by atoms with Crippen molar-refractivity contribution in [1.82, 2.24) is 0 Å². The minimum Gasteiger partial charge on any atom is -0.489 e. The van der Waals surface area contributed by atoms with Gasteiger partial charge in [-0.2, -0.15) is 0 Å². The average Bonchev–Trinajstić information content (AvgIpc) is 3.28. The lowest BCUT2D eigenvalue weighted by Crippen LogP contribution is -2.72. The van der Waals surface area contributed by atoms with Crippen LogP contribution >= 0.6 is 11.6 Å². The van der Waals surface area contributed by atoms with Crippen LogP contribution in [0.1, 0.15) is 38.9 Å². The number of aldehydes is 1. The largest absolute Gasteiger partial charge is 0.489 e. The van der Waals surface area contributed by atoms with Gasteiger partial charge in [0, 0.05) is 17.7 Å². The minimum atomic E-state index is -1.94. The number of carbonyl (C=O) groups is 1. The SMILES string of the molecule is CO[C@@]1(c2ccc(Cl)c(Cc3ccc(OCc4ccccc4)cc3)c2)O[C@](C=O)(CO)[C@@H](OCc2ccccc2)[C@H](OCc2ccccc2)[C@H]1OCc1ccccc1. The van der Waals surface area contributed by atoms with Gasteiger partial charge in [-0.1, -0.05) is 151 Å². The predicted octanol–water partition coefficient (Wildman–Crippen LogP) is 9.03. The zero-order valence-corrected chi connectivity index (χ0v) is 33.1. The molecule has 9 heteroatoms. The molecule has 1 heterocycles. The van der Waals surface area contributed by atoms with Crippen molar-refractivity contribution >= 4 is 17.9 Å². The molecule has 0 amide bonds. The summed E-state index contributed by atoms with van der Waals surface area (Å²) in [5.41, 5.74) is 4.10. The molecule has 1 aliphatic rings. The topological polar surface area (TPSA) is 92.7 Å². The summed E-state index contributed by atoms with van der Waals surface area (Å²) in [6.45, 7) is 0.159. The third-order valence-corrected chi connectivity index (χ3v) is 10.8. The molecule has 0 saturated carbocycles. The highest BCUT2D eigenvalue weighted by atomic mass is 35.5. The van der Waals surface area contributed by atoms with Crippen LogP contribution < -0.4 is 4.74 Å². The van der Waals surface area contributed by atoms with E-state index in [1.165, 1.54) is 7.11 Å². The second-order valence-corrected chi connectivity index (χ2v) is 14.7. The lowest BCUT2D eigenvalue weighted by molar-refractivity contribution is -0.401. The molecule has 8 nitrogen and oxygen atoms in total. The van der Waals surface area contributed by atoms with E-state index in [0.717, 1.165) is 39.1 Å². The van der Waals surface area contributed by atoms with Gasteiger partial charge in [0.25, 0.3) is 0 Å². The zero-order valence-electron chi connectivity index (χ0n) is 32.3. The second kappa shape index (κ2) is 19.5. The Balaban J connectivity index is 1.26. The average molecular weight is 799 g/mol. The summed E-state index contributed by atoms with van der Waals surface area (Å²) in [7, 11) is 1.49. The maximum absolute atomic E-state index is 13.4. The second-order valence-electron chi connectivity index (χ2n) is 14.3. The molecular formula is C49H47ClO8. The normalized spacial score (nSPS) is 21.7. The summed E-state index contributed by atoms with van der Waals surface area (Å²) in [6, 6.07) is 52.4. The van der Waals surface area contributed by atoms with Crippen LogP contribution in [-0.2, 0) is 67.1 Å². The Morgan fingerprint density at radius 1 is 0.621 bits per heavy atom. The quantitative estimate of drug-likeness (QED) is 0.0862. The van der Waals surface area contributed by atoms with E-state index < -0.39 is 36.3 Å². The van der Waals surface area contributed by atoms with E-state index in [1.807, 2.05) is 152 Å². The van der Waals surface area contributed by atoms with E-state index in [2.05, 4.69) is 0 Å². The maximum Gasteiger partial charge on any atom is 0.225 e. The van der Waals surface area contributed by atoms with Gasteiger partial charge >= 0.3 is 0 Å². The van der Waals surface area contributed by atoms with Gasteiger partial charge in [0.2, 0.25) is 5.79 Å². The minimum absolute atomic E-state index is 0.113. The lowest BCUT2D eigenvalue weighted by atomic mass is 9.80. The Hall–Kier alpha value is -5.16. The van der Waals surface area contributed by atoms with E-state index >= 15 is 0 Å². The smallest absolute Gasteiger partial charge is 0.225 e. The van der Waals surface area contributed by atoms with Crippen molar-refractivity contribution in [3.63, 3.8) is 0 Å². The van der Waals surface area contributed by atoms with Crippen LogP contribution in [0, 0.1) is 0 Å². The van der Waals surface area contributed by atoms with E-state index in [9.17, 15) is 9.90 Å². The zero-order chi connectivity index (χ0) is 40.2. The first-order chi connectivity index (χ1) is 28.4. The third kappa shape index (κ3) is 9.58. The Kier molecular flexibility index (Phi) is 13.8. The molecule has 1 saturated heterocycles. The highest BCUT2D eigenvalue weighted by Crippen LogP contribution is 2.48. The lowest BCUT2D eigenvalue weighted by Gasteiger charge is -2.55. The van der Waals surface area contributed by atoms with Crippen molar-refractivity contribution in [2.24, 2.45) is 0 Å². The van der Waals surface area contributed by atoms with E-state index in [1.54, 1.807) is 12.1 Å². The number of hydrogen-bond donors (Lipinski definition) is 1. The van der Waals surface area contributed by atoms with Crippen molar-refractivity contribution in [2.45, 2.75) is 62.5 Å². The molecule has 0 aromatic heterocycles. The predicted molar refractivity (Wildman–Crippen MR) is 222 cm³/mol. The van der Waals surface area contributed by atoms with Gasteiger partial charge in [-0.15, -0.1) is 0 Å². The fourth-order valence-corrected chi connectivity index (χ4v) is 7.48. The molecule has 6 aromatic carbocycles. The van der Waals surface area contributed by atoms with Crippen LogP contribution in [0.15, 0.2) is 164 Å². The molecule has 1 N–H and O–H groups in total. The molecule has 6 aromatic rings. The van der Waals surface area contributed by atoms with Crippen molar-refractivity contribution in [3.8, 4) is 5.75 Å². The van der Waals surface area contributed by atoms with Gasteiger partial charge in [0.1, 0.15) is 30.7 Å². The van der Waals surface area contributed by atoms with Gasteiger partial charge < -0.3 is 33.5 Å².